The minimum Gasteiger partial charge on any atom is -0.496 e. The number of ether oxygens (including phenoxy) is 1. The van der Waals surface area contributed by atoms with Crippen molar-refractivity contribution in [2.75, 3.05) is 7.11 Å². The van der Waals surface area contributed by atoms with E-state index in [0.717, 1.165) is 25.1 Å². The molecule has 1 aliphatic rings. The lowest BCUT2D eigenvalue weighted by Gasteiger charge is -2.14. The predicted octanol–water partition coefficient (Wildman–Crippen LogP) is 2.81. The molecule has 0 atom stereocenters. The Morgan fingerprint density at radius 3 is 2.75 bits per heavy atom. The molecular weight excluding hydrogens is 198 g/mol. The second kappa shape index (κ2) is 5.17. The van der Waals surface area contributed by atoms with Gasteiger partial charge in [-0.15, -0.1) is 0 Å². The van der Waals surface area contributed by atoms with E-state index in [1.54, 1.807) is 7.11 Å². The van der Waals surface area contributed by atoms with Crippen LogP contribution in [0.5, 0.6) is 5.75 Å². The summed E-state index contributed by atoms with van der Waals surface area (Å²) in [7, 11) is 1.73. The summed E-state index contributed by atoms with van der Waals surface area (Å²) >= 11 is 0. The zero-order chi connectivity index (χ0) is 11.4. The van der Waals surface area contributed by atoms with Gasteiger partial charge in [0, 0.05) is 18.2 Å². The lowest BCUT2D eigenvalue weighted by molar-refractivity contribution is 0.405. The van der Waals surface area contributed by atoms with Crippen LogP contribution in [-0.2, 0) is 6.54 Å². The molecule has 1 aliphatic carbocycles. The van der Waals surface area contributed by atoms with E-state index in [2.05, 4.69) is 36.5 Å². The molecule has 0 fully saturated rings. The molecule has 0 saturated heterocycles. The van der Waals surface area contributed by atoms with Gasteiger partial charge in [0.2, 0.25) is 0 Å². The SMILES string of the molecule is COc1ccc(C)cc1CNC1CC=CC1. The predicted molar refractivity (Wildman–Crippen MR) is 66.7 cm³/mol. The lowest BCUT2D eigenvalue weighted by Crippen LogP contribution is -2.25. The Labute approximate surface area is 97.3 Å². The Balaban J connectivity index is 1.99. The fourth-order valence-corrected chi connectivity index (χ4v) is 2.08. The van der Waals surface area contributed by atoms with Gasteiger partial charge in [-0.05, 0) is 25.8 Å². The average molecular weight is 217 g/mol. The third-order valence-electron chi connectivity index (χ3n) is 3.02. The van der Waals surface area contributed by atoms with Gasteiger partial charge in [-0.2, -0.15) is 0 Å². The lowest BCUT2D eigenvalue weighted by atomic mass is 10.1. The van der Waals surface area contributed by atoms with Crippen molar-refractivity contribution in [1.29, 1.82) is 0 Å². The fourth-order valence-electron chi connectivity index (χ4n) is 2.08. The van der Waals surface area contributed by atoms with Crippen LogP contribution in [0.3, 0.4) is 0 Å². The van der Waals surface area contributed by atoms with Crippen molar-refractivity contribution in [3.05, 3.63) is 41.5 Å². The van der Waals surface area contributed by atoms with E-state index < -0.39 is 0 Å². The smallest absolute Gasteiger partial charge is 0.123 e. The highest BCUT2D eigenvalue weighted by atomic mass is 16.5. The maximum Gasteiger partial charge on any atom is 0.123 e. The number of aryl methyl sites for hydroxylation is 1. The van der Waals surface area contributed by atoms with Crippen molar-refractivity contribution < 1.29 is 4.74 Å². The van der Waals surface area contributed by atoms with E-state index in [-0.39, 0.29) is 0 Å². The van der Waals surface area contributed by atoms with Gasteiger partial charge in [0.15, 0.2) is 0 Å². The largest absolute Gasteiger partial charge is 0.496 e. The molecule has 0 bridgehead atoms. The van der Waals surface area contributed by atoms with Crippen molar-refractivity contribution in [2.45, 2.75) is 32.4 Å². The molecule has 1 aromatic carbocycles. The highest BCUT2D eigenvalue weighted by molar-refractivity contribution is 5.36. The molecule has 0 aromatic heterocycles. The average Bonchev–Trinajstić information content (AvgIpc) is 2.79. The van der Waals surface area contributed by atoms with Crippen molar-refractivity contribution in [2.24, 2.45) is 0 Å². The molecule has 2 heteroatoms. The summed E-state index contributed by atoms with van der Waals surface area (Å²) in [5, 5.41) is 3.56. The number of rotatable bonds is 4. The first-order chi connectivity index (χ1) is 7.79. The summed E-state index contributed by atoms with van der Waals surface area (Å²) in [6, 6.07) is 6.91. The van der Waals surface area contributed by atoms with Crippen molar-refractivity contribution in [1.82, 2.24) is 5.32 Å². The number of benzene rings is 1. The first kappa shape index (κ1) is 11.2. The van der Waals surface area contributed by atoms with Crippen molar-refractivity contribution in [3.63, 3.8) is 0 Å². The van der Waals surface area contributed by atoms with Crippen LogP contribution in [0.15, 0.2) is 30.4 Å². The quantitative estimate of drug-likeness (QED) is 0.783. The number of nitrogens with one attached hydrogen (secondary N) is 1. The maximum absolute atomic E-state index is 5.36. The maximum atomic E-state index is 5.36. The Kier molecular flexibility index (Phi) is 3.62. The summed E-state index contributed by atoms with van der Waals surface area (Å²) in [5.74, 6) is 0.976. The van der Waals surface area contributed by atoms with Gasteiger partial charge in [-0.25, -0.2) is 0 Å². The molecule has 86 valence electrons. The van der Waals surface area contributed by atoms with Crippen LogP contribution in [0.1, 0.15) is 24.0 Å². The van der Waals surface area contributed by atoms with Crippen LogP contribution < -0.4 is 10.1 Å². The molecule has 2 rings (SSSR count). The Bertz CT molecular complexity index is 376. The van der Waals surface area contributed by atoms with E-state index in [1.807, 2.05) is 6.07 Å². The zero-order valence-corrected chi connectivity index (χ0v) is 9.99. The number of hydrogen-bond acceptors (Lipinski definition) is 2. The third kappa shape index (κ3) is 2.64. The van der Waals surface area contributed by atoms with E-state index in [9.17, 15) is 0 Å². The highest BCUT2D eigenvalue weighted by Gasteiger charge is 2.10. The van der Waals surface area contributed by atoms with Gasteiger partial charge in [0.1, 0.15) is 5.75 Å². The topological polar surface area (TPSA) is 21.3 Å². The molecule has 0 aliphatic heterocycles. The van der Waals surface area contributed by atoms with Crippen molar-refractivity contribution in [3.8, 4) is 5.75 Å². The van der Waals surface area contributed by atoms with Gasteiger partial charge >= 0.3 is 0 Å². The highest BCUT2D eigenvalue weighted by Crippen LogP contribution is 2.20. The van der Waals surface area contributed by atoms with Gasteiger partial charge in [0.05, 0.1) is 7.11 Å². The molecule has 2 nitrogen and oxygen atoms in total. The zero-order valence-electron chi connectivity index (χ0n) is 9.99. The Hall–Kier alpha value is -1.28. The van der Waals surface area contributed by atoms with E-state index in [1.165, 1.54) is 11.1 Å². The van der Waals surface area contributed by atoms with Gasteiger partial charge in [-0.1, -0.05) is 29.8 Å². The molecule has 0 heterocycles. The molecular formula is C14H19NO. The number of hydrogen-bond donors (Lipinski definition) is 1. The van der Waals surface area contributed by atoms with Crippen LogP contribution in [0.4, 0.5) is 0 Å². The molecule has 0 unspecified atom stereocenters. The summed E-state index contributed by atoms with van der Waals surface area (Å²) in [5.41, 5.74) is 2.52. The van der Waals surface area contributed by atoms with Crippen LogP contribution in [0, 0.1) is 6.92 Å². The van der Waals surface area contributed by atoms with E-state index in [0.29, 0.717) is 6.04 Å². The molecule has 0 saturated carbocycles. The van der Waals surface area contributed by atoms with Gasteiger partial charge < -0.3 is 10.1 Å². The molecule has 0 amide bonds. The number of methoxy groups -OCH3 is 1. The van der Waals surface area contributed by atoms with Crippen LogP contribution in [0.2, 0.25) is 0 Å². The first-order valence-electron chi connectivity index (χ1n) is 5.81. The summed E-state index contributed by atoms with van der Waals surface area (Å²) in [4.78, 5) is 0. The molecule has 0 spiro atoms. The molecule has 0 radical (unpaired) electrons. The first-order valence-corrected chi connectivity index (χ1v) is 5.81. The van der Waals surface area contributed by atoms with E-state index >= 15 is 0 Å². The standard InChI is InChI=1S/C14H19NO/c1-11-7-8-14(16-2)12(9-11)10-15-13-5-3-4-6-13/h3-4,7-9,13,15H,5-6,10H2,1-2H3. The summed E-state index contributed by atoms with van der Waals surface area (Å²) < 4.78 is 5.36. The van der Waals surface area contributed by atoms with Gasteiger partial charge in [-0.3, -0.25) is 0 Å². The minimum absolute atomic E-state index is 0.602. The monoisotopic (exact) mass is 217 g/mol. The van der Waals surface area contributed by atoms with Crippen LogP contribution >= 0.6 is 0 Å². The molecule has 16 heavy (non-hydrogen) atoms. The van der Waals surface area contributed by atoms with E-state index in [4.69, 9.17) is 4.74 Å². The minimum atomic E-state index is 0.602. The van der Waals surface area contributed by atoms with Crippen molar-refractivity contribution >= 4 is 0 Å². The Morgan fingerprint density at radius 1 is 1.31 bits per heavy atom. The van der Waals surface area contributed by atoms with Crippen LogP contribution in [-0.4, -0.2) is 13.2 Å². The fraction of sp³-hybridized carbons (Fsp3) is 0.429. The van der Waals surface area contributed by atoms with Gasteiger partial charge in [0.25, 0.3) is 0 Å². The Morgan fingerprint density at radius 2 is 2.06 bits per heavy atom. The second-order valence-electron chi connectivity index (χ2n) is 4.34. The molecule has 1 N–H and O–H groups in total. The van der Waals surface area contributed by atoms with Crippen LogP contribution in [0.25, 0.3) is 0 Å². The second-order valence-corrected chi connectivity index (χ2v) is 4.34. The molecule has 1 aromatic rings. The summed E-state index contributed by atoms with van der Waals surface area (Å²) in [6.07, 6.45) is 6.78. The summed E-state index contributed by atoms with van der Waals surface area (Å²) in [6.45, 7) is 3.00. The normalized spacial score (nSPS) is 15.6. The third-order valence-corrected chi connectivity index (χ3v) is 3.02.